The molecule has 6 rings (SSSR count). The van der Waals surface area contributed by atoms with Crippen molar-refractivity contribution < 1.29 is 4.79 Å². The molecular weight excluding hydrogens is 224 g/mol. The molecule has 0 aliphatic carbocycles. The maximum atomic E-state index is 8.00. The summed E-state index contributed by atoms with van der Waals surface area (Å²) in [6.45, 7) is 10.4. The van der Waals surface area contributed by atoms with Crippen molar-refractivity contribution in [1.82, 2.24) is 9.80 Å². The van der Waals surface area contributed by atoms with Crippen molar-refractivity contribution in [3.63, 3.8) is 0 Å². The van der Waals surface area contributed by atoms with Crippen LogP contribution in [0.1, 0.15) is 38.5 Å². The van der Waals surface area contributed by atoms with Crippen molar-refractivity contribution in [3.05, 3.63) is 0 Å². The summed E-state index contributed by atoms with van der Waals surface area (Å²) >= 11 is 0. The number of carbonyl (C=O) groups excluding carboxylic acids is 1. The predicted octanol–water partition coefficient (Wildman–Crippen LogP) is 2.02. The van der Waals surface area contributed by atoms with Crippen LogP contribution in [-0.2, 0) is 4.79 Å². The lowest BCUT2D eigenvalue weighted by molar-refractivity contribution is -0.0979. The minimum absolute atomic E-state index is 1.11. The molecule has 6 aliphatic rings. The summed E-state index contributed by atoms with van der Waals surface area (Å²) in [4.78, 5) is 13.2. The van der Waals surface area contributed by atoms with E-state index in [1.165, 1.54) is 77.8 Å². The zero-order valence-electron chi connectivity index (χ0n) is 11.6. The summed E-state index contributed by atoms with van der Waals surface area (Å²) in [5.74, 6) is 2.22. The van der Waals surface area contributed by atoms with Gasteiger partial charge in [-0.25, -0.2) is 0 Å². The van der Waals surface area contributed by atoms with Crippen LogP contribution in [0.25, 0.3) is 0 Å². The van der Waals surface area contributed by atoms with Gasteiger partial charge in [0, 0.05) is 0 Å². The fraction of sp³-hybridized carbons (Fsp3) is 0.933. The molecule has 6 saturated heterocycles. The van der Waals surface area contributed by atoms with Gasteiger partial charge >= 0.3 is 0 Å². The van der Waals surface area contributed by atoms with Gasteiger partial charge in [-0.3, -0.25) is 0 Å². The molecule has 6 aliphatic heterocycles. The van der Waals surface area contributed by atoms with Crippen LogP contribution < -0.4 is 0 Å². The molecule has 0 unspecified atom stereocenters. The number of hydrogen-bond acceptors (Lipinski definition) is 3. The average Bonchev–Trinajstić information content (AvgIpc) is 2.54. The summed E-state index contributed by atoms with van der Waals surface area (Å²) in [7, 11) is 0. The van der Waals surface area contributed by atoms with Gasteiger partial charge in [0.1, 0.15) is 6.79 Å². The third-order valence-electron chi connectivity index (χ3n) is 5.12. The second-order valence-corrected chi connectivity index (χ2v) is 6.15. The first-order valence-electron chi connectivity index (χ1n) is 7.64. The number of piperidine rings is 6. The van der Waals surface area contributed by atoms with Crippen LogP contribution in [0.4, 0.5) is 0 Å². The van der Waals surface area contributed by atoms with Crippen molar-refractivity contribution in [2.45, 2.75) is 38.5 Å². The highest BCUT2D eigenvalue weighted by atomic mass is 16.1. The first-order valence-corrected chi connectivity index (χ1v) is 7.64. The molecule has 18 heavy (non-hydrogen) atoms. The Morgan fingerprint density at radius 2 is 0.778 bits per heavy atom. The Labute approximate surface area is 112 Å². The largest absolute Gasteiger partial charge is 0.307 e. The van der Waals surface area contributed by atoms with Gasteiger partial charge in [0.2, 0.25) is 0 Å². The van der Waals surface area contributed by atoms with E-state index in [1.807, 2.05) is 6.79 Å². The van der Waals surface area contributed by atoms with Crippen molar-refractivity contribution in [2.24, 2.45) is 11.8 Å². The molecule has 104 valence electrons. The standard InChI is InChI=1S/2C7H13N.CH2O/c2*1-4-8-5-2-7(1)3-6-8;1-2/h2*7H,1-6H2;1H2. The molecule has 0 radical (unpaired) electrons. The lowest BCUT2D eigenvalue weighted by Crippen LogP contribution is -2.41. The molecule has 0 spiro atoms. The van der Waals surface area contributed by atoms with Crippen molar-refractivity contribution in [1.29, 1.82) is 0 Å². The topological polar surface area (TPSA) is 23.6 Å². The Hall–Kier alpha value is -0.410. The van der Waals surface area contributed by atoms with Gasteiger partial charge in [-0.2, -0.15) is 0 Å². The summed E-state index contributed by atoms with van der Waals surface area (Å²) in [5, 5.41) is 0. The monoisotopic (exact) mass is 252 g/mol. The summed E-state index contributed by atoms with van der Waals surface area (Å²) in [5.41, 5.74) is 0. The quantitative estimate of drug-likeness (QED) is 0.659. The molecular formula is C15H28N2O. The smallest absolute Gasteiger partial charge is 0.106 e. The number of hydrogen-bond donors (Lipinski definition) is 0. The normalized spacial score (nSPS) is 40.2. The lowest BCUT2D eigenvalue weighted by Gasteiger charge is -2.38. The summed E-state index contributed by atoms with van der Waals surface area (Å²) < 4.78 is 0. The number of fused-ring (bicyclic) bond motifs is 6. The Bertz CT molecular complexity index is 161. The Kier molecular flexibility index (Phi) is 5.64. The van der Waals surface area contributed by atoms with E-state index < -0.39 is 0 Å². The van der Waals surface area contributed by atoms with E-state index in [1.54, 1.807) is 0 Å². The molecule has 0 aromatic rings. The molecule has 0 atom stereocenters. The van der Waals surface area contributed by atoms with Gasteiger partial charge in [0.05, 0.1) is 0 Å². The van der Waals surface area contributed by atoms with Gasteiger partial charge in [-0.1, -0.05) is 0 Å². The SMILES string of the molecule is C1CN2CCC1CC2.C1CN2CCC1CC2.C=O. The third kappa shape index (κ3) is 3.79. The van der Waals surface area contributed by atoms with E-state index in [9.17, 15) is 0 Å². The minimum Gasteiger partial charge on any atom is -0.307 e. The Morgan fingerprint density at radius 1 is 0.556 bits per heavy atom. The third-order valence-corrected chi connectivity index (χ3v) is 5.12. The van der Waals surface area contributed by atoms with Gasteiger partial charge < -0.3 is 14.6 Å². The highest BCUT2D eigenvalue weighted by Gasteiger charge is 2.25. The van der Waals surface area contributed by atoms with E-state index in [2.05, 4.69) is 9.80 Å². The van der Waals surface area contributed by atoms with E-state index in [-0.39, 0.29) is 0 Å². The van der Waals surface area contributed by atoms with E-state index in [0.29, 0.717) is 0 Å². The molecule has 6 heterocycles. The van der Waals surface area contributed by atoms with E-state index >= 15 is 0 Å². The van der Waals surface area contributed by atoms with Crippen LogP contribution in [-0.4, -0.2) is 55.9 Å². The molecule has 6 fully saturated rings. The van der Waals surface area contributed by atoms with Crippen LogP contribution in [0.2, 0.25) is 0 Å². The zero-order chi connectivity index (χ0) is 12.8. The Morgan fingerprint density at radius 3 is 0.833 bits per heavy atom. The van der Waals surface area contributed by atoms with E-state index in [4.69, 9.17) is 4.79 Å². The maximum Gasteiger partial charge on any atom is 0.106 e. The van der Waals surface area contributed by atoms with Crippen molar-refractivity contribution in [2.75, 3.05) is 39.3 Å². The van der Waals surface area contributed by atoms with Gasteiger partial charge in [0.15, 0.2) is 0 Å². The fourth-order valence-corrected chi connectivity index (χ4v) is 3.73. The molecule has 0 aromatic carbocycles. The summed E-state index contributed by atoms with van der Waals surface area (Å²) in [6.07, 6.45) is 8.92. The molecule has 3 nitrogen and oxygen atoms in total. The molecule has 3 heteroatoms. The second kappa shape index (κ2) is 7.25. The molecule has 4 bridgehead atoms. The van der Waals surface area contributed by atoms with E-state index in [0.717, 1.165) is 11.8 Å². The lowest BCUT2D eigenvalue weighted by atomic mass is 9.89. The fourth-order valence-electron chi connectivity index (χ4n) is 3.73. The van der Waals surface area contributed by atoms with Crippen LogP contribution in [0.5, 0.6) is 0 Å². The molecule has 0 N–H and O–H groups in total. The number of rotatable bonds is 0. The van der Waals surface area contributed by atoms with Crippen LogP contribution in [0, 0.1) is 11.8 Å². The highest BCUT2D eigenvalue weighted by molar-refractivity contribution is 5.11. The second-order valence-electron chi connectivity index (χ2n) is 6.15. The van der Waals surface area contributed by atoms with Gasteiger partial charge in [-0.15, -0.1) is 0 Å². The van der Waals surface area contributed by atoms with Gasteiger partial charge in [0.25, 0.3) is 0 Å². The number of nitrogens with zero attached hydrogens (tertiary/aromatic N) is 2. The van der Waals surface area contributed by atoms with Crippen LogP contribution in [0.15, 0.2) is 0 Å². The van der Waals surface area contributed by atoms with Crippen LogP contribution in [0.3, 0.4) is 0 Å². The highest BCUT2D eigenvalue weighted by Crippen LogP contribution is 2.26. The minimum atomic E-state index is 1.11. The van der Waals surface area contributed by atoms with Crippen LogP contribution >= 0.6 is 0 Å². The average molecular weight is 252 g/mol. The van der Waals surface area contributed by atoms with Crippen molar-refractivity contribution >= 4 is 6.79 Å². The Balaban J connectivity index is 0.000000118. The summed E-state index contributed by atoms with van der Waals surface area (Å²) in [6, 6.07) is 0. The molecule has 0 aromatic heterocycles. The molecule has 0 saturated carbocycles. The van der Waals surface area contributed by atoms with Gasteiger partial charge in [-0.05, 0) is 89.6 Å². The number of carbonyl (C=O) groups is 1. The molecule has 0 amide bonds. The zero-order valence-corrected chi connectivity index (χ0v) is 11.6. The van der Waals surface area contributed by atoms with Crippen molar-refractivity contribution in [3.8, 4) is 0 Å². The first kappa shape index (κ1) is 14.0. The maximum absolute atomic E-state index is 8.00. The first-order chi connectivity index (χ1) is 8.90. The predicted molar refractivity (Wildman–Crippen MR) is 74.7 cm³/mol.